The van der Waals surface area contributed by atoms with Crippen molar-refractivity contribution in [1.82, 2.24) is 15.3 Å². The molecule has 25 heavy (non-hydrogen) atoms. The first-order chi connectivity index (χ1) is 12.2. The molecule has 1 aliphatic carbocycles. The van der Waals surface area contributed by atoms with E-state index < -0.39 is 0 Å². The number of aromatic nitrogens is 2. The summed E-state index contributed by atoms with van der Waals surface area (Å²) in [5, 5.41) is 3.41. The smallest absolute Gasteiger partial charge is 0.259 e. The highest BCUT2D eigenvalue weighted by atomic mass is 16.1. The van der Waals surface area contributed by atoms with Crippen LogP contribution >= 0.6 is 0 Å². The molecule has 0 aliphatic heterocycles. The zero-order valence-corrected chi connectivity index (χ0v) is 13.5. The number of nitrogens with zero attached hydrogens (tertiary/aromatic N) is 1. The predicted octanol–water partition coefficient (Wildman–Crippen LogP) is 2.88. The number of aromatic amines is 1. The van der Waals surface area contributed by atoms with Gasteiger partial charge in [-0.3, -0.25) is 9.59 Å². The van der Waals surface area contributed by atoms with Gasteiger partial charge in [0.1, 0.15) is 5.82 Å². The topological polar surface area (TPSA) is 74.8 Å². The Morgan fingerprint density at radius 1 is 1.12 bits per heavy atom. The van der Waals surface area contributed by atoms with E-state index >= 15 is 0 Å². The van der Waals surface area contributed by atoms with Crippen LogP contribution in [0.2, 0.25) is 0 Å². The molecule has 1 saturated carbocycles. The molecule has 0 saturated heterocycles. The standard InChI is InChI=1S/C20H17N3O2/c24-17(21-15-10-11-15)12-9-13-7-4-8-16-18(13)22-19(23-20(16)25)14-5-2-1-3-6-14/h1-9,12,15H,10-11H2,(H,21,24)(H,22,23,25)/b12-9+. The second-order valence-corrected chi connectivity index (χ2v) is 6.14. The van der Waals surface area contributed by atoms with E-state index in [1.165, 1.54) is 6.08 Å². The van der Waals surface area contributed by atoms with Gasteiger partial charge in [-0.1, -0.05) is 42.5 Å². The van der Waals surface area contributed by atoms with Crippen molar-refractivity contribution >= 4 is 22.9 Å². The summed E-state index contributed by atoms with van der Waals surface area (Å²) in [4.78, 5) is 31.7. The number of para-hydroxylation sites is 1. The third-order valence-corrected chi connectivity index (χ3v) is 4.15. The zero-order chi connectivity index (χ0) is 17.2. The third kappa shape index (κ3) is 3.35. The van der Waals surface area contributed by atoms with E-state index in [2.05, 4.69) is 15.3 Å². The quantitative estimate of drug-likeness (QED) is 0.722. The van der Waals surface area contributed by atoms with Crippen molar-refractivity contribution in [1.29, 1.82) is 0 Å². The molecule has 1 heterocycles. The first-order valence-electron chi connectivity index (χ1n) is 8.28. The molecule has 1 fully saturated rings. The van der Waals surface area contributed by atoms with Gasteiger partial charge in [0.2, 0.25) is 5.91 Å². The first kappa shape index (κ1) is 15.3. The largest absolute Gasteiger partial charge is 0.350 e. The Morgan fingerprint density at radius 2 is 1.92 bits per heavy atom. The summed E-state index contributed by atoms with van der Waals surface area (Å²) in [5.74, 6) is 0.397. The average molecular weight is 331 g/mol. The molecule has 0 unspecified atom stereocenters. The fourth-order valence-corrected chi connectivity index (χ4v) is 2.69. The van der Waals surface area contributed by atoms with E-state index in [1.807, 2.05) is 36.4 Å². The number of nitrogens with one attached hydrogen (secondary N) is 2. The second kappa shape index (κ2) is 6.36. The number of hydrogen-bond acceptors (Lipinski definition) is 3. The number of hydrogen-bond donors (Lipinski definition) is 2. The van der Waals surface area contributed by atoms with Crippen LogP contribution < -0.4 is 10.9 Å². The number of rotatable bonds is 4. The summed E-state index contributed by atoms with van der Waals surface area (Å²) in [6, 6.07) is 15.2. The molecule has 3 aromatic rings. The van der Waals surface area contributed by atoms with Gasteiger partial charge in [0.05, 0.1) is 10.9 Å². The van der Waals surface area contributed by atoms with Crippen molar-refractivity contribution in [3.8, 4) is 11.4 Å². The molecule has 1 aliphatic rings. The number of fused-ring (bicyclic) bond motifs is 1. The van der Waals surface area contributed by atoms with Crippen LogP contribution in [0.4, 0.5) is 0 Å². The Kier molecular flexibility index (Phi) is 3.90. The normalized spacial score (nSPS) is 14.1. The van der Waals surface area contributed by atoms with Gasteiger partial charge in [0.25, 0.3) is 5.56 Å². The molecule has 2 N–H and O–H groups in total. The molecule has 1 aromatic heterocycles. The lowest BCUT2D eigenvalue weighted by Gasteiger charge is -2.05. The number of carbonyl (C=O) groups excluding carboxylic acids is 1. The molecule has 0 bridgehead atoms. The Bertz CT molecular complexity index is 1020. The van der Waals surface area contributed by atoms with Crippen LogP contribution in [0.5, 0.6) is 0 Å². The van der Waals surface area contributed by atoms with E-state index in [0.717, 1.165) is 24.0 Å². The fraction of sp³-hybridized carbons (Fsp3) is 0.150. The first-order valence-corrected chi connectivity index (χ1v) is 8.28. The molecule has 4 rings (SSSR count). The highest BCUT2D eigenvalue weighted by Gasteiger charge is 2.22. The highest BCUT2D eigenvalue weighted by molar-refractivity contribution is 5.95. The average Bonchev–Trinajstić information content (AvgIpc) is 3.44. The molecule has 5 heteroatoms. The van der Waals surface area contributed by atoms with Crippen molar-refractivity contribution in [2.24, 2.45) is 0 Å². The van der Waals surface area contributed by atoms with Gasteiger partial charge in [0.15, 0.2) is 0 Å². The molecule has 1 amide bonds. The van der Waals surface area contributed by atoms with Crippen molar-refractivity contribution in [3.05, 3.63) is 70.5 Å². The molecule has 0 radical (unpaired) electrons. The van der Waals surface area contributed by atoms with Crippen molar-refractivity contribution in [2.45, 2.75) is 18.9 Å². The van der Waals surface area contributed by atoms with Gasteiger partial charge in [-0.05, 0) is 25.0 Å². The summed E-state index contributed by atoms with van der Waals surface area (Å²) in [7, 11) is 0. The van der Waals surface area contributed by atoms with E-state index in [9.17, 15) is 9.59 Å². The van der Waals surface area contributed by atoms with Crippen LogP contribution in [0.25, 0.3) is 28.4 Å². The minimum Gasteiger partial charge on any atom is -0.350 e. The van der Waals surface area contributed by atoms with Crippen molar-refractivity contribution in [3.63, 3.8) is 0 Å². The number of amides is 1. The van der Waals surface area contributed by atoms with Gasteiger partial charge in [-0.2, -0.15) is 0 Å². The summed E-state index contributed by atoms with van der Waals surface area (Å²) in [5.41, 5.74) is 1.97. The van der Waals surface area contributed by atoms with E-state index in [0.29, 0.717) is 22.8 Å². The van der Waals surface area contributed by atoms with Crippen LogP contribution in [0, 0.1) is 0 Å². The lowest BCUT2D eigenvalue weighted by molar-refractivity contribution is -0.116. The maximum atomic E-state index is 12.4. The van der Waals surface area contributed by atoms with Crippen LogP contribution in [0.15, 0.2) is 59.4 Å². The molecule has 5 nitrogen and oxygen atoms in total. The summed E-state index contributed by atoms with van der Waals surface area (Å²) in [6.07, 6.45) is 5.30. The summed E-state index contributed by atoms with van der Waals surface area (Å²) in [6.45, 7) is 0. The minimum absolute atomic E-state index is 0.118. The Morgan fingerprint density at radius 3 is 2.68 bits per heavy atom. The molecule has 0 spiro atoms. The van der Waals surface area contributed by atoms with E-state index in [-0.39, 0.29) is 11.5 Å². The maximum absolute atomic E-state index is 12.4. The van der Waals surface area contributed by atoms with Gasteiger partial charge in [0, 0.05) is 23.2 Å². The van der Waals surface area contributed by atoms with Crippen molar-refractivity contribution in [2.75, 3.05) is 0 Å². The fourth-order valence-electron chi connectivity index (χ4n) is 2.69. The molecular formula is C20H17N3O2. The van der Waals surface area contributed by atoms with Gasteiger partial charge in [-0.25, -0.2) is 4.98 Å². The molecular weight excluding hydrogens is 314 g/mol. The van der Waals surface area contributed by atoms with Crippen LogP contribution in [-0.4, -0.2) is 21.9 Å². The zero-order valence-electron chi connectivity index (χ0n) is 13.5. The lowest BCUT2D eigenvalue weighted by atomic mass is 10.1. The van der Waals surface area contributed by atoms with Gasteiger partial charge < -0.3 is 10.3 Å². The predicted molar refractivity (Wildman–Crippen MR) is 98.0 cm³/mol. The van der Waals surface area contributed by atoms with Gasteiger partial charge >= 0.3 is 0 Å². The van der Waals surface area contributed by atoms with Crippen molar-refractivity contribution < 1.29 is 4.79 Å². The summed E-state index contributed by atoms with van der Waals surface area (Å²) >= 11 is 0. The molecule has 124 valence electrons. The Balaban J connectivity index is 1.76. The number of H-pyrrole nitrogens is 1. The third-order valence-electron chi connectivity index (χ3n) is 4.15. The second-order valence-electron chi connectivity index (χ2n) is 6.14. The molecule has 0 atom stereocenters. The number of carbonyl (C=O) groups is 1. The van der Waals surface area contributed by atoms with E-state index in [1.54, 1.807) is 18.2 Å². The SMILES string of the molecule is O=C(/C=C/c1cccc2c(=O)[nH]c(-c3ccccc3)nc12)NC1CC1. The van der Waals surface area contributed by atoms with Crippen LogP contribution in [0.3, 0.4) is 0 Å². The summed E-state index contributed by atoms with van der Waals surface area (Å²) < 4.78 is 0. The van der Waals surface area contributed by atoms with Gasteiger partial charge in [-0.15, -0.1) is 0 Å². The molecule has 2 aromatic carbocycles. The highest BCUT2D eigenvalue weighted by Crippen LogP contribution is 2.20. The Labute approximate surface area is 144 Å². The van der Waals surface area contributed by atoms with Crippen LogP contribution in [0.1, 0.15) is 18.4 Å². The van der Waals surface area contributed by atoms with Crippen LogP contribution in [-0.2, 0) is 4.79 Å². The minimum atomic E-state index is -0.193. The number of benzene rings is 2. The monoisotopic (exact) mass is 331 g/mol. The van der Waals surface area contributed by atoms with E-state index in [4.69, 9.17) is 0 Å². The maximum Gasteiger partial charge on any atom is 0.259 e. The lowest BCUT2D eigenvalue weighted by Crippen LogP contribution is -2.22. The Hall–Kier alpha value is -3.21.